The molecule has 0 aromatic carbocycles. The van der Waals surface area contributed by atoms with Crippen molar-refractivity contribution >= 4 is 63.5 Å². The van der Waals surface area contributed by atoms with Crippen molar-refractivity contribution in [2.75, 3.05) is 23.8 Å². The average Bonchev–Trinajstić information content (AvgIpc) is 3.32. The summed E-state index contributed by atoms with van der Waals surface area (Å²) < 4.78 is 1.06. The number of β-lactam (4-membered cyclic amide) rings is 1. The minimum absolute atomic E-state index is 0.101. The summed E-state index contributed by atoms with van der Waals surface area (Å²) in [5.41, 5.74) is 4.29. The van der Waals surface area contributed by atoms with Crippen LogP contribution >= 0.6 is 34.9 Å². The molecule has 1 unspecified atom stereocenters. The van der Waals surface area contributed by atoms with Crippen LogP contribution in [0.15, 0.2) is 36.6 Å². The molecule has 208 valence electrons. The van der Waals surface area contributed by atoms with E-state index >= 15 is 0 Å². The zero-order valence-corrected chi connectivity index (χ0v) is 23.3. The Balaban J connectivity index is 1.51. The number of carboxylic acids is 1. The Kier molecular flexibility index (Phi) is 8.45. The number of carboxylic acid groups (broad SMARTS) is 1. The van der Waals surface area contributed by atoms with Crippen LogP contribution in [0.1, 0.15) is 19.5 Å². The Hall–Kier alpha value is -3.64. The molecule has 0 spiro atoms. The second kappa shape index (κ2) is 11.6. The Bertz CT molecular complexity index is 1490. The van der Waals surface area contributed by atoms with Gasteiger partial charge in [0.15, 0.2) is 16.0 Å². The number of thioether (sulfide) groups is 2. The maximum absolute atomic E-state index is 13.1. The monoisotopic (exact) mass is 596 g/mol. The van der Waals surface area contributed by atoms with Gasteiger partial charge in [0.25, 0.3) is 11.8 Å². The van der Waals surface area contributed by atoms with Gasteiger partial charge in [-0.1, -0.05) is 30.8 Å². The number of carbonyl (C=O) groups excluding carboxylic acids is 2. The van der Waals surface area contributed by atoms with Gasteiger partial charge in [-0.15, -0.1) is 28.2 Å². The van der Waals surface area contributed by atoms with Crippen molar-refractivity contribution in [2.45, 2.75) is 30.4 Å². The number of fused-ring (bicyclic) bond motifs is 1. The number of aromatic amines is 1. The molecule has 39 heavy (non-hydrogen) atoms. The van der Waals surface area contributed by atoms with Gasteiger partial charge in [-0.2, -0.15) is 0 Å². The number of nitrogens with zero attached hydrogens (tertiary/aromatic N) is 5. The van der Waals surface area contributed by atoms with Crippen LogP contribution in [0.25, 0.3) is 0 Å². The first-order valence-corrected chi connectivity index (χ1v) is 14.3. The lowest BCUT2D eigenvalue weighted by Gasteiger charge is -2.49. The fourth-order valence-corrected chi connectivity index (χ4v) is 6.55. The van der Waals surface area contributed by atoms with E-state index in [0.717, 1.165) is 32.6 Å². The SMILES string of the molecule is CC(C)CON=C(C(=O)NC1C(=O)N2C(C(=O)O)=C(CSc3n[nH]c(=O)c(=O)n3C)CS[C@@H]12)c1csc(N)n1. The van der Waals surface area contributed by atoms with Crippen LogP contribution in [-0.4, -0.2) is 82.8 Å². The zero-order chi connectivity index (χ0) is 28.4. The second-order valence-electron chi connectivity index (χ2n) is 8.81. The number of nitrogens with two attached hydrogens (primary N) is 1. The number of rotatable bonds is 10. The van der Waals surface area contributed by atoms with E-state index in [1.807, 2.05) is 13.8 Å². The first kappa shape index (κ1) is 28.4. The Morgan fingerprint density at radius 2 is 2.13 bits per heavy atom. The molecule has 2 amide bonds. The first-order chi connectivity index (χ1) is 18.5. The Morgan fingerprint density at radius 1 is 1.38 bits per heavy atom. The molecule has 2 aliphatic heterocycles. The number of hydrogen-bond acceptors (Lipinski definition) is 13. The maximum atomic E-state index is 13.1. The van der Waals surface area contributed by atoms with E-state index in [1.165, 1.54) is 18.8 Å². The molecule has 1 fully saturated rings. The van der Waals surface area contributed by atoms with E-state index in [4.69, 9.17) is 10.6 Å². The van der Waals surface area contributed by atoms with E-state index in [1.54, 1.807) is 5.38 Å². The molecule has 18 heteroatoms. The summed E-state index contributed by atoms with van der Waals surface area (Å²) in [7, 11) is 1.38. The van der Waals surface area contributed by atoms with Crippen molar-refractivity contribution < 1.29 is 24.3 Å². The van der Waals surface area contributed by atoms with Crippen LogP contribution in [0.3, 0.4) is 0 Å². The highest BCUT2D eigenvalue weighted by Gasteiger charge is 2.54. The Morgan fingerprint density at radius 3 is 2.77 bits per heavy atom. The molecule has 0 bridgehead atoms. The van der Waals surface area contributed by atoms with Gasteiger partial charge in [0.05, 0.1) is 0 Å². The highest BCUT2D eigenvalue weighted by atomic mass is 32.2. The van der Waals surface area contributed by atoms with E-state index in [2.05, 4.69) is 25.7 Å². The third kappa shape index (κ3) is 5.86. The molecule has 0 saturated carbocycles. The smallest absolute Gasteiger partial charge is 0.352 e. The third-order valence-electron chi connectivity index (χ3n) is 5.49. The van der Waals surface area contributed by atoms with E-state index in [0.29, 0.717) is 5.57 Å². The van der Waals surface area contributed by atoms with Crippen LogP contribution in [0.4, 0.5) is 5.13 Å². The first-order valence-electron chi connectivity index (χ1n) is 11.4. The number of thiazole rings is 1. The van der Waals surface area contributed by atoms with Crippen molar-refractivity contribution in [1.29, 1.82) is 0 Å². The minimum Gasteiger partial charge on any atom is -0.477 e. The van der Waals surface area contributed by atoms with Gasteiger partial charge in [-0.05, 0) is 11.5 Å². The molecular weight excluding hydrogens is 572 g/mol. The summed E-state index contributed by atoms with van der Waals surface area (Å²) in [4.78, 5) is 72.1. The molecule has 2 aromatic heterocycles. The average molecular weight is 597 g/mol. The predicted molar refractivity (Wildman–Crippen MR) is 144 cm³/mol. The molecule has 2 aromatic rings. The topological polar surface area (TPSA) is 215 Å². The molecule has 4 rings (SSSR count). The van der Waals surface area contributed by atoms with Crippen molar-refractivity contribution in [3.05, 3.63) is 43.1 Å². The summed E-state index contributed by atoms with van der Waals surface area (Å²) in [6.07, 6.45) is 0. The number of aliphatic carboxylic acids is 1. The van der Waals surface area contributed by atoms with Gasteiger partial charge in [-0.3, -0.25) is 28.6 Å². The molecule has 0 radical (unpaired) electrons. The molecule has 2 atom stereocenters. The fourth-order valence-electron chi connectivity index (χ4n) is 3.60. The van der Waals surface area contributed by atoms with Gasteiger partial charge < -0.3 is 21.0 Å². The zero-order valence-electron chi connectivity index (χ0n) is 20.9. The van der Waals surface area contributed by atoms with Gasteiger partial charge in [0, 0.05) is 23.9 Å². The molecule has 15 nitrogen and oxygen atoms in total. The number of oxime groups is 1. The third-order valence-corrected chi connectivity index (χ3v) is 8.62. The van der Waals surface area contributed by atoms with Crippen LogP contribution in [-0.2, 0) is 26.3 Å². The summed E-state index contributed by atoms with van der Waals surface area (Å²) in [6.45, 7) is 4.08. The minimum atomic E-state index is -1.31. The van der Waals surface area contributed by atoms with Gasteiger partial charge in [-0.25, -0.2) is 14.9 Å². The van der Waals surface area contributed by atoms with E-state index in [-0.39, 0.29) is 51.4 Å². The number of amides is 2. The van der Waals surface area contributed by atoms with Gasteiger partial charge in [0.2, 0.25) is 0 Å². The molecule has 5 N–H and O–H groups in total. The molecular formula is C21H24N8O7S3. The number of carbonyl (C=O) groups is 3. The van der Waals surface area contributed by atoms with Crippen LogP contribution in [0.5, 0.6) is 0 Å². The lowest BCUT2D eigenvalue weighted by molar-refractivity contribution is -0.150. The fraction of sp³-hybridized carbons (Fsp3) is 0.429. The summed E-state index contributed by atoms with van der Waals surface area (Å²) in [5, 5.41) is 23.6. The number of anilines is 1. The standard InChI is InChI=1S/C21H24N8O7S3/c1-8(2)4-36-27-11(10-7-38-20(22)23-10)14(30)24-12-16(32)29-13(19(34)35)9(5-37-18(12)29)6-39-21-26-25-15(31)17(33)28(21)3/h7-8,12,18H,4-6H2,1-3H3,(H2,22,23)(H,24,30)(H,25,31)(H,34,35)/t12?,18-/m0/s1. The number of H-pyrrole nitrogens is 1. The van der Waals surface area contributed by atoms with E-state index < -0.39 is 40.3 Å². The van der Waals surface area contributed by atoms with Crippen LogP contribution in [0.2, 0.25) is 0 Å². The second-order valence-corrected chi connectivity index (χ2v) is 11.7. The lowest BCUT2D eigenvalue weighted by atomic mass is 10.0. The number of aromatic nitrogens is 4. The molecule has 1 saturated heterocycles. The largest absolute Gasteiger partial charge is 0.477 e. The van der Waals surface area contributed by atoms with E-state index in [9.17, 15) is 29.1 Å². The summed E-state index contributed by atoms with van der Waals surface area (Å²) in [6, 6.07) is -1.00. The highest BCUT2D eigenvalue weighted by Crippen LogP contribution is 2.41. The van der Waals surface area contributed by atoms with Gasteiger partial charge >= 0.3 is 17.1 Å². The van der Waals surface area contributed by atoms with Gasteiger partial charge in [0.1, 0.15) is 29.4 Å². The number of nitrogens with one attached hydrogen (secondary N) is 2. The normalized spacial score (nSPS) is 19.1. The van der Waals surface area contributed by atoms with Crippen molar-refractivity contribution in [1.82, 2.24) is 30.0 Å². The number of nitrogen functional groups attached to an aromatic ring is 1. The molecule has 0 aliphatic carbocycles. The van der Waals surface area contributed by atoms with Crippen molar-refractivity contribution in [3.8, 4) is 0 Å². The maximum Gasteiger partial charge on any atom is 0.352 e. The Labute approximate surface area is 232 Å². The van der Waals surface area contributed by atoms with Crippen molar-refractivity contribution in [3.63, 3.8) is 0 Å². The van der Waals surface area contributed by atoms with Crippen LogP contribution in [0, 0.1) is 5.92 Å². The summed E-state index contributed by atoms with van der Waals surface area (Å²) >= 11 is 3.44. The highest BCUT2D eigenvalue weighted by molar-refractivity contribution is 8.01. The summed E-state index contributed by atoms with van der Waals surface area (Å²) in [5.74, 6) is -2.13. The quantitative estimate of drug-likeness (QED) is 0.0891. The molecule has 2 aliphatic rings. The molecule has 4 heterocycles. The lowest BCUT2D eigenvalue weighted by Crippen LogP contribution is -2.71. The van der Waals surface area contributed by atoms with Crippen LogP contribution < -0.4 is 22.2 Å². The predicted octanol–water partition coefficient (Wildman–Crippen LogP) is -0.585. The number of hydrogen-bond donors (Lipinski definition) is 4. The van der Waals surface area contributed by atoms with Crippen molar-refractivity contribution in [2.24, 2.45) is 18.1 Å².